The van der Waals surface area contributed by atoms with Gasteiger partial charge in [0, 0.05) is 35.9 Å². The Labute approximate surface area is 272 Å². The zero-order valence-corrected chi connectivity index (χ0v) is 30.7. The van der Waals surface area contributed by atoms with Crippen LogP contribution in [0.5, 0.6) is 11.5 Å². The first-order valence-corrected chi connectivity index (χ1v) is 16.6. The van der Waals surface area contributed by atoms with E-state index in [-0.39, 0.29) is 39.8 Å². The number of fused-ring (bicyclic) bond motifs is 1. The molecule has 244 valence electrons. The largest absolute Gasteiger partial charge is 0.487 e. The van der Waals surface area contributed by atoms with Crippen LogP contribution in [0.25, 0.3) is 0 Å². The van der Waals surface area contributed by atoms with Crippen molar-refractivity contribution in [3.05, 3.63) is 58.1 Å². The second kappa shape index (κ2) is 10.9. The van der Waals surface area contributed by atoms with Crippen LogP contribution in [0.15, 0.2) is 30.3 Å². The van der Waals surface area contributed by atoms with Gasteiger partial charge in [0.25, 0.3) is 0 Å². The molecule has 0 bridgehead atoms. The van der Waals surface area contributed by atoms with Crippen LogP contribution in [0.3, 0.4) is 0 Å². The molecule has 0 radical (unpaired) electrons. The summed E-state index contributed by atoms with van der Waals surface area (Å²) in [6.45, 7) is 35.1. The molecule has 1 saturated heterocycles. The Morgan fingerprint density at radius 1 is 1.02 bits per heavy atom. The van der Waals surface area contributed by atoms with Crippen molar-refractivity contribution in [1.29, 1.82) is 0 Å². The molecule has 0 aromatic heterocycles. The van der Waals surface area contributed by atoms with Crippen LogP contribution in [0, 0.1) is 30.6 Å². The molecule has 44 heavy (non-hydrogen) atoms. The molecule has 2 atom stereocenters. The number of likely N-dealkylation sites (tertiary alicyclic amines) is 1. The normalized spacial score (nSPS) is 27.2. The van der Waals surface area contributed by atoms with Crippen molar-refractivity contribution in [2.75, 3.05) is 6.54 Å². The number of benzene rings is 2. The van der Waals surface area contributed by atoms with Crippen LogP contribution in [-0.4, -0.2) is 34.5 Å². The highest BCUT2D eigenvalue weighted by molar-refractivity contribution is 6.05. The van der Waals surface area contributed by atoms with Gasteiger partial charge in [-0.25, -0.2) is 0 Å². The van der Waals surface area contributed by atoms with E-state index in [0.29, 0.717) is 23.5 Å². The van der Waals surface area contributed by atoms with Gasteiger partial charge in [-0.2, -0.15) is 0 Å². The monoisotopic (exact) mass is 605 g/mol. The molecule has 0 N–H and O–H groups in total. The van der Waals surface area contributed by atoms with Crippen molar-refractivity contribution in [3.8, 4) is 11.5 Å². The molecule has 2 aliphatic rings. The summed E-state index contributed by atoms with van der Waals surface area (Å²) in [6, 6.07) is 8.71. The van der Waals surface area contributed by atoms with Gasteiger partial charge >= 0.3 is 0 Å². The first-order chi connectivity index (χ1) is 20.7. The standard InChI is InChI=1S/C40H61NO3/c1-25(2)43-31-23-28-32(27(4)34(31)44-35(5,6)7)36(8,9)30(33(28)42)24-40(16)21-22-41(39(14,15)38(40,12)13)37(10,11)29-20-18-17-19-26(29)3/h17-20,23,25,30H,21-22,24H2,1-16H3/i23D,30D. The third-order valence-corrected chi connectivity index (χ3v) is 11.7. The number of hydrogen-bond acceptors (Lipinski definition) is 4. The van der Waals surface area contributed by atoms with E-state index in [9.17, 15) is 7.54 Å². The van der Waals surface area contributed by atoms with E-state index >= 15 is 0 Å². The third kappa shape index (κ3) is 5.41. The summed E-state index contributed by atoms with van der Waals surface area (Å²) in [5, 5.41) is 0. The van der Waals surface area contributed by atoms with Gasteiger partial charge in [0.05, 0.1) is 7.47 Å². The number of aryl methyl sites for hydroxylation is 1. The van der Waals surface area contributed by atoms with Crippen molar-refractivity contribution in [2.24, 2.45) is 16.7 Å². The summed E-state index contributed by atoms with van der Waals surface area (Å²) in [6.07, 6.45) is 1.04. The summed E-state index contributed by atoms with van der Waals surface area (Å²) in [5.41, 5.74) is 2.01. The summed E-state index contributed by atoms with van der Waals surface area (Å²) in [7, 11) is 0. The molecular formula is C40H61NO3. The topological polar surface area (TPSA) is 38.8 Å². The predicted octanol–water partition coefficient (Wildman–Crippen LogP) is 10.2. The molecule has 0 amide bonds. The maximum absolute atomic E-state index is 14.8. The molecule has 4 heteroatoms. The fourth-order valence-corrected chi connectivity index (χ4v) is 8.40. The number of rotatable bonds is 7. The second-order valence-corrected chi connectivity index (χ2v) is 17.2. The lowest BCUT2D eigenvalue weighted by Gasteiger charge is -2.66. The summed E-state index contributed by atoms with van der Waals surface area (Å²) >= 11 is 0. The number of piperidine rings is 1. The Kier molecular flexibility index (Phi) is 7.83. The Morgan fingerprint density at radius 3 is 2.16 bits per heavy atom. The minimum Gasteiger partial charge on any atom is -0.487 e. The SMILES string of the molecule is [2H]c1c(OC(C)C)c(OC(C)(C)C)c(C)c2c1C(=O)C([2H])(CC1(C)CCN(C(C)(C)c3ccccc3C)C(C)(C)C1(C)C)C2(C)C. The van der Waals surface area contributed by atoms with Crippen LogP contribution in [0.1, 0.15) is 145 Å². The van der Waals surface area contributed by atoms with Gasteiger partial charge < -0.3 is 9.47 Å². The van der Waals surface area contributed by atoms with Crippen molar-refractivity contribution >= 4 is 5.78 Å². The number of carbonyl (C=O) groups excluding carboxylic acids is 1. The number of hydrogen-bond donors (Lipinski definition) is 0. The molecular weight excluding hydrogens is 542 g/mol. The van der Waals surface area contributed by atoms with Crippen LogP contribution < -0.4 is 9.47 Å². The Balaban J connectivity index is 1.83. The molecule has 0 saturated carbocycles. The summed E-state index contributed by atoms with van der Waals surface area (Å²) in [5.74, 6) is -0.932. The zero-order valence-electron chi connectivity index (χ0n) is 32.7. The van der Waals surface area contributed by atoms with Crippen molar-refractivity contribution in [1.82, 2.24) is 4.90 Å². The van der Waals surface area contributed by atoms with Crippen molar-refractivity contribution < 1.29 is 17.0 Å². The number of carbonyl (C=O) groups is 1. The lowest BCUT2D eigenvalue weighted by atomic mass is 9.49. The van der Waals surface area contributed by atoms with E-state index < -0.39 is 16.9 Å². The average Bonchev–Trinajstić information content (AvgIpc) is 3.04. The van der Waals surface area contributed by atoms with E-state index in [1.807, 2.05) is 55.4 Å². The summed E-state index contributed by atoms with van der Waals surface area (Å²) in [4.78, 5) is 17.4. The maximum atomic E-state index is 14.8. The molecule has 1 aliphatic carbocycles. The van der Waals surface area contributed by atoms with Crippen LogP contribution in [0.2, 0.25) is 0 Å². The third-order valence-electron chi connectivity index (χ3n) is 11.7. The van der Waals surface area contributed by atoms with E-state index in [1.165, 1.54) is 11.1 Å². The first-order valence-electron chi connectivity index (χ1n) is 17.6. The molecule has 2 aromatic rings. The molecule has 2 unspecified atom stereocenters. The van der Waals surface area contributed by atoms with Gasteiger partial charge in [-0.1, -0.05) is 58.9 Å². The van der Waals surface area contributed by atoms with Gasteiger partial charge in [0.1, 0.15) is 5.60 Å². The van der Waals surface area contributed by atoms with Crippen molar-refractivity contribution in [3.63, 3.8) is 0 Å². The molecule has 1 aliphatic heterocycles. The number of ketones is 1. The number of Topliss-reactive ketones (excluding diaryl/α,β-unsaturated/α-hetero) is 1. The van der Waals surface area contributed by atoms with Gasteiger partial charge in [-0.3, -0.25) is 9.69 Å². The molecule has 0 spiro atoms. The van der Waals surface area contributed by atoms with E-state index in [4.69, 9.17) is 9.47 Å². The highest BCUT2D eigenvalue weighted by Gasteiger charge is 2.61. The Morgan fingerprint density at radius 2 is 1.61 bits per heavy atom. The first kappa shape index (κ1) is 31.6. The van der Waals surface area contributed by atoms with Crippen molar-refractivity contribution in [2.45, 2.75) is 152 Å². The minimum absolute atomic E-state index is 0.0419. The lowest BCUT2D eigenvalue weighted by molar-refractivity contribution is -0.164. The molecule has 1 heterocycles. The quantitative estimate of drug-likeness (QED) is 0.315. The highest BCUT2D eigenvalue weighted by atomic mass is 16.5. The van der Waals surface area contributed by atoms with Crippen LogP contribution in [-0.2, 0) is 11.0 Å². The molecule has 2 aromatic carbocycles. The van der Waals surface area contributed by atoms with E-state index in [2.05, 4.69) is 84.6 Å². The minimum atomic E-state index is -1.47. The molecule has 4 nitrogen and oxygen atoms in total. The average molecular weight is 606 g/mol. The predicted molar refractivity (Wildman–Crippen MR) is 184 cm³/mol. The fraction of sp³-hybridized carbons (Fsp3) is 0.675. The fourth-order valence-electron chi connectivity index (χ4n) is 8.40. The number of ether oxygens (including phenoxy) is 2. The van der Waals surface area contributed by atoms with Gasteiger partial charge in [-0.05, 0) is 128 Å². The lowest BCUT2D eigenvalue weighted by Crippen LogP contribution is -2.69. The van der Waals surface area contributed by atoms with Crippen LogP contribution in [0.4, 0.5) is 0 Å². The molecule has 1 fully saturated rings. The van der Waals surface area contributed by atoms with Gasteiger partial charge in [0.15, 0.2) is 17.3 Å². The van der Waals surface area contributed by atoms with E-state index in [0.717, 1.165) is 24.1 Å². The zero-order chi connectivity index (χ0) is 35.2. The van der Waals surface area contributed by atoms with Crippen LogP contribution >= 0.6 is 0 Å². The Hall–Kier alpha value is -2.33. The summed E-state index contributed by atoms with van der Waals surface area (Å²) < 4.78 is 32.2. The Bertz CT molecular complexity index is 1530. The van der Waals surface area contributed by atoms with E-state index in [1.54, 1.807) is 0 Å². The maximum Gasteiger partial charge on any atom is 0.167 e. The van der Waals surface area contributed by atoms with Gasteiger partial charge in [-0.15, -0.1) is 0 Å². The van der Waals surface area contributed by atoms with Gasteiger partial charge in [0.2, 0.25) is 0 Å². The highest BCUT2D eigenvalue weighted by Crippen LogP contribution is 2.62. The number of nitrogens with zero attached hydrogens (tertiary/aromatic N) is 1. The smallest absolute Gasteiger partial charge is 0.167 e. The second-order valence-electron chi connectivity index (χ2n) is 17.2. The molecule has 4 rings (SSSR count).